The van der Waals surface area contributed by atoms with Gasteiger partial charge in [0, 0.05) is 31.9 Å². The first-order valence-electron chi connectivity index (χ1n) is 10.2. The number of hydrogen-bond donors (Lipinski definition) is 1. The first-order chi connectivity index (χ1) is 15.4. The van der Waals surface area contributed by atoms with Crippen LogP contribution in [0.25, 0.3) is 5.76 Å². The zero-order valence-corrected chi connectivity index (χ0v) is 17.8. The number of rotatable bonds is 5. The molecule has 1 atom stereocenters. The van der Waals surface area contributed by atoms with Crippen molar-refractivity contribution in [3.05, 3.63) is 107 Å². The normalized spacial score (nSPS) is 17.6. The molecule has 0 bridgehead atoms. The SMILES string of the molecule is CN(C)c1ccc(C2/C(=C(/O)c3ccc(F)cc3)C(=O)C(=O)N2Cc2ccccc2)cc1. The van der Waals surface area contributed by atoms with Crippen molar-refractivity contribution in [1.29, 1.82) is 0 Å². The molecule has 5 nitrogen and oxygen atoms in total. The molecule has 1 heterocycles. The van der Waals surface area contributed by atoms with E-state index in [9.17, 15) is 19.1 Å². The van der Waals surface area contributed by atoms with Crippen molar-refractivity contribution in [2.24, 2.45) is 0 Å². The van der Waals surface area contributed by atoms with Crippen LogP contribution in [0.4, 0.5) is 10.1 Å². The number of aliphatic hydroxyl groups is 1. The molecule has 1 fully saturated rings. The van der Waals surface area contributed by atoms with Crippen LogP contribution in [0.15, 0.2) is 84.4 Å². The minimum Gasteiger partial charge on any atom is -0.507 e. The minimum atomic E-state index is -0.767. The van der Waals surface area contributed by atoms with E-state index >= 15 is 0 Å². The Bertz CT molecular complexity index is 1170. The van der Waals surface area contributed by atoms with Crippen LogP contribution < -0.4 is 4.90 Å². The van der Waals surface area contributed by atoms with E-state index in [1.807, 2.05) is 73.6 Å². The molecule has 0 aromatic heterocycles. The van der Waals surface area contributed by atoms with Crippen molar-refractivity contribution in [2.75, 3.05) is 19.0 Å². The Morgan fingerprint density at radius 1 is 0.938 bits per heavy atom. The smallest absolute Gasteiger partial charge is 0.295 e. The van der Waals surface area contributed by atoms with E-state index in [2.05, 4.69) is 0 Å². The van der Waals surface area contributed by atoms with Crippen LogP contribution in [0.2, 0.25) is 0 Å². The first kappa shape index (κ1) is 21.3. The van der Waals surface area contributed by atoms with Crippen LogP contribution in [-0.4, -0.2) is 35.8 Å². The number of carbonyl (C=O) groups is 2. The van der Waals surface area contributed by atoms with Gasteiger partial charge in [0.25, 0.3) is 11.7 Å². The van der Waals surface area contributed by atoms with Crippen molar-refractivity contribution in [3.8, 4) is 0 Å². The number of aliphatic hydroxyl groups excluding tert-OH is 1. The van der Waals surface area contributed by atoms with Crippen LogP contribution in [-0.2, 0) is 16.1 Å². The van der Waals surface area contributed by atoms with E-state index in [-0.39, 0.29) is 23.4 Å². The van der Waals surface area contributed by atoms with Crippen molar-refractivity contribution < 1.29 is 19.1 Å². The fourth-order valence-corrected chi connectivity index (χ4v) is 3.89. The third-order valence-corrected chi connectivity index (χ3v) is 5.58. The monoisotopic (exact) mass is 430 g/mol. The second-order valence-corrected chi connectivity index (χ2v) is 7.91. The molecule has 32 heavy (non-hydrogen) atoms. The zero-order valence-electron chi connectivity index (χ0n) is 17.8. The predicted octanol–water partition coefficient (Wildman–Crippen LogP) is 4.51. The molecule has 0 saturated carbocycles. The highest BCUT2D eigenvalue weighted by Gasteiger charge is 2.46. The van der Waals surface area contributed by atoms with Gasteiger partial charge in [-0.25, -0.2) is 4.39 Å². The first-order valence-corrected chi connectivity index (χ1v) is 10.2. The van der Waals surface area contributed by atoms with Gasteiger partial charge >= 0.3 is 0 Å². The Hall–Kier alpha value is -3.93. The molecule has 1 N–H and O–H groups in total. The molecule has 1 unspecified atom stereocenters. The predicted molar refractivity (Wildman–Crippen MR) is 121 cm³/mol. The standard InChI is InChI=1S/C26H23FN2O3/c1-28(2)21-14-10-18(11-15-21)23-22(24(30)19-8-12-20(27)13-9-19)25(31)26(32)29(23)16-17-6-4-3-5-7-17/h3-15,23,30H,16H2,1-2H3/b24-22-. The second-order valence-electron chi connectivity index (χ2n) is 7.91. The van der Waals surface area contributed by atoms with Gasteiger partial charge < -0.3 is 14.9 Å². The fraction of sp³-hybridized carbons (Fsp3) is 0.154. The van der Waals surface area contributed by atoms with Gasteiger partial charge in [-0.2, -0.15) is 0 Å². The average molecular weight is 430 g/mol. The lowest BCUT2D eigenvalue weighted by Crippen LogP contribution is -2.29. The summed E-state index contributed by atoms with van der Waals surface area (Å²) in [6.07, 6.45) is 0. The van der Waals surface area contributed by atoms with Gasteiger partial charge in [-0.3, -0.25) is 9.59 Å². The molecule has 0 spiro atoms. The minimum absolute atomic E-state index is 0.00450. The Morgan fingerprint density at radius 2 is 1.56 bits per heavy atom. The van der Waals surface area contributed by atoms with Crippen LogP contribution in [0.5, 0.6) is 0 Å². The van der Waals surface area contributed by atoms with E-state index in [1.165, 1.54) is 29.2 Å². The third-order valence-electron chi connectivity index (χ3n) is 5.58. The van der Waals surface area contributed by atoms with Crippen LogP contribution in [0.3, 0.4) is 0 Å². The van der Waals surface area contributed by atoms with Gasteiger partial charge in [0.2, 0.25) is 0 Å². The summed E-state index contributed by atoms with van der Waals surface area (Å²) in [6.45, 7) is 0.214. The van der Waals surface area contributed by atoms with E-state index in [0.29, 0.717) is 5.56 Å². The Labute approximate surface area is 186 Å². The lowest BCUT2D eigenvalue weighted by Gasteiger charge is -2.26. The molecule has 0 radical (unpaired) electrons. The van der Waals surface area contributed by atoms with Crippen molar-refractivity contribution >= 4 is 23.1 Å². The molecule has 1 saturated heterocycles. The summed E-state index contributed by atoms with van der Waals surface area (Å²) >= 11 is 0. The zero-order chi connectivity index (χ0) is 22.8. The van der Waals surface area contributed by atoms with Gasteiger partial charge in [0.15, 0.2) is 0 Å². The van der Waals surface area contributed by atoms with Gasteiger partial charge in [-0.1, -0.05) is 42.5 Å². The van der Waals surface area contributed by atoms with E-state index < -0.39 is 23.5 Å². The summed E-state index contributed by atoms with van der Waals surface area (Å²) in [5, 5.41) is 11.0. The number of anilines is 1. The number of halogens is 1. The Kier molecular flexibility index (Phi) is 5.77. The topological polar surface area (TPSA) is 60.9 Å². The Balaban J connectivity index is 1.84. The van der Waals surface area contributed by atoms with Crippen LogP contribution in [0.1, 0.15) is 22.7 Å². The quantitative estimate of drug-likeness (QED) is 0.368. The van der Waals surface area contributed by atoms with Crippen LogP contribution in [0, 0.1) is 5.82 Å². The molecule has 4 rings (SSSR count). The molecule has 1 amide bonds. The van der Waals surface area contributed by atoms with Crippen LogP contribution >= 0.6 is 0 Å². The molecule has 1 aliphatic heterocycles. The summed E-state index contributed by atoms with van der Waals surface area (Å²) in [4.78, 5) is 29.5. The highest BCUT2D eigenvalue weighted by Crippen LogP contribution is 2.40. The van der Waals surface area contributed by atoms with Crippen molar-refractivity contribution in [1.82, 2.24) is 4.90 Å². The lowest BCUT2D eigenvalue weighted by atomic mass is 9.95. The van der Waals surface area contributed by atoms with Gasteiger partial charge in [0.05, 0.1) is 11.6 Å². The van der Waals surface area contributed by atoms with Crippen molar-refractivity contribution in [3.63, 3.8) is 0 Å². The van der Waals surface area contributed by atoms with Gasteiger partial charge in [-0.15, -0.1) is 0 Å². The number of hydrogen-bond acceptors (Lipinski definition) is 4. The molecule has 0 aliphatic carbocycles. The summed E-state index contributed by atoms with van der Waals surface area (Å²) in [6, 6.07) is 21.3. The lowest BCUT2D eigenvalue weighted by molar-refractivity contribution is -0.140. The summed E-state index contributed by atoms with van der Waals surface area (Å²) in [5.74, 6) is -2.22. The summed E-state index contributed by atoms with van der Waals surface area (Å²) in [5.41, 5.74) is 2.81. The maximum atomic E-state index is 13.4. The number of benzene rings is 3. The van der Waals surface area contributed by atoms with E-state index in [0.717, 1.165) is 11.3 Å². The number of ketones is 1. The molecule has 6 heteroatoms. The molecular formula is C26H23FN2O3. The molecule has 162 valence electrons. The van der Waals surface area contributed by atoms with Gasteiger partial charge in [-0.05, 0) is 47.5 Å². The fourth-order valence-electron chi connectivity index (χ4n) is 3.89. The number of nitrogens with zero attached hydrogens (tertiary/aromatic N) is 2. The van der Waals surface area contributed by atoms with E-state index in [4.69, 9.17) is 0 Å². The molecule has 3 aromatic rings. The number of carbonyl (C=O) groups excluding carboxylic acids is 2. The highest BCUT2D eigenvalue weighted by molar-refractivity contribution is 6.46. The maximum Gasteiger partial charge on any atom is 0.295 e. The number of amides is 1. The molecular weight excluding hydrogens is 407 g/mol. The summed E-state index contributed by atoms with van der Waals surface area (Å²) < 4.78 is 13.4. The maximum absolute atomic E-state index is 13.4. The van der Waals surface area contributed by atoms with Gasteiger partial charge in [0.1, 0.15) is 11.6 Å². The largest absolute Gasteiger partial charge is 0.507 e. The molecule has 1 aliphatic rings. The van der Waals surface area contributed by atoms with Crippen molar-refractivity contribution in [2.45, 2.75) is 12.6 Å². The highest BCUT2D eigenvalue weighted by atomic mass is 19.1. The third kappa shape index (κ3) is 3.99. The number of Topliss-reactive ketones (excluding diaryl/α,β-unsaturated/α-hetero) is 1. The second kappa shape index (κ2) is 8.67. The number of likely N-dealkylation sites (tertiary alicyclic amines) is 1. The summed E-state index contributed by atoms with van der Waals surface area (Å²) in [7, 11) is 3.84. The molecule has 3 aromatic carbocycles. The van der Waals surface area contributed by atoms with E-state index in [1.54, 1.807) is 0 Å². The Morgan fingerprint density at radius 3 is 2.16 bits per heavy atom. The average Bonchev–Trinajstić information content (AvgIpc) is 3.05.